The Morgan fingerprint density at radius 2 is 2.06 bits per heavy atom. The molecule has 0 bridgehead atoms. The maximum absolute atomic E-state index is 14.9. The maximum atomic E-state index is 14.9. The fourth-order valence-corrected chi connectivity index (χ4v) is 3.89. The van der Waals surface area contributed by atoms with Crippen LogP contribution in [-0.2, 0) is 34.0 Å². The zero-order valence-electron chi connectivity index (χ0n) is 19.0. The van der Waals surface area contributed by atoms with Crippen LogP contribution >= 0.6 is 7.82 Å². The van der Waals surface area contributed by atoms with Crippen molar-refractivity contribution >= 4 is 25.6 Å². The number of rotatable bonds is 6. The molecule has 0 radical (unpaired) electrons. The van der Waals surface area contributed by atoms with E-state index in [1.807, 2.05) is 4.90 Å². The van der Waals surface area contributed by atoms with Crippen LogP contribution in [0.1, 0.15) is 11.5 Å². The van der Waals surface area contributed by atoms with Gasteiger partial charge in [-0.3, -0.25) is 4.90 Å². The number of oxazole rings is 1. The molecule has 2 aliphatic heterocycles. The Morgan fingerprint density at radius 1 is 1.29 bits per heavy atom. The summed E-state index contributed by atoms with van der Waals surface area (Å²) < 4.78 is 40.3. The van der Waals surface area contributed by atoms with Crippen molar-refractivity contribution in [3.05, 3.63) is 35.5 Å². The number of carbonyl (C=O) groups excluding carboxylic acids is 1. The summed E-state index contributed by atoms with van der Waals surface area (Å²) >= 11 is 0. The molecule has 174 valence electrons. The van der Waals surface area contributed by atoms with Gasteiger partial charge >= 0.3 is 65.2 Å². The van der Waals surface area contributed by atoms with E-state index in [4.69, 9.17) is 9.15 Å². The standard InChI is InChI=1S/C17H17FN7O7P.2Na/c1-23-21-16(20-22-23)24-6-13-14(7-24)32-15(19-13)11-3-2-9(4-12(11)18)25-5-10(31-17(25)26)8-30-33(27,28)29;;/h2-4,10H,5-8H2,1H3,(H2,27,28,29);;/q;2*+1/p-2/t10-;;/m1../s1. The SMILES string of the molecule is Cn1nnc(N2Cc3nc(-c4ccc(N5C[C@H](COP(=O)([O-])[O-])OC5=O)cc4F)oc3C2)n1.[Na+].[Na+]. The number of amides is 1. The number of phosphoric acid groups is 1. The Bertz CT molecular complexity index is 1260. The van der Waals surface area contributed by atoms with Gasteiger partial charge in [-0.25, -0.2) is 14.2 Å². The smallest absolute Gasteiger partial charge is 0.790 e. The molecule has 3 aromatic rings. The average molecular weight is 525 g/mol. The molecule has 1 fully saturated rings. The monoisotopic (exact) mass is 525 g/mol. The van der Waals surface area contributed by atoms with Crippen LogP contribution in [0.2, 0.25) is 0 Å². The number of nitrogens with zero attached hydrogens (tertiary/aromatic N) is 7. The number of aromatic nitrogens is 5. The number of hydrogen-bond donors (Lipinski definition) is 0. The summed E-state index contributed by atoms with van der Waals surface area (Å²) in [5.74, 6) is 0.391. The predicted octanol–water partition coefficient (Wildman–Crippen LogP) is -6.30. The van der Waals surface area contributed by atoms with Crippen LogP contribution < -0.4 is 78.7 Å². The van der Waals surface area contributed by atoms with Crippen LogP contribution in [0, 0.1) is 5.82 Å². The minimum Gasteiger partial charge on any atom is -0.790 e. The summed E-state index contributed by atoms with van der Waals surface area (Å²) in [6.07, 6.45) is -1.81. The zero-order valence-corrected chi connectivity index (χ0v) is 23.8. The van der Waals surface area contributed by atoms with Gasteiger partial charge in [-0.05, 0) is 23.4 Å². The van der Waals surface area contributed by atoms with E-state index in [-0.39, 0.29) is 82.8 Å². The number of halogens is 1. The van der Waals surface area contributed by atoms with Crippen molar-refractivity contribution in [1.29, 1.82) is 0 Å². The van der Waals surface area contributed by atoms with Crippen molar-refractivity contribution in [1.82, 2.24) is 25.2 Å². The molecule has 5 rings (SSSR count). The molecule has 18 heteroatoms. The number of phosphoric ester groups is 1. The average Bonchev–Trinajstić information content (AvgIpc) is 3.49. The number of tetrazole rings is 1. The Kier molecular flexibility index (Phi) is 8.80. The minimum atomic E-state index is -5.20. The van der Waals surface area contributed by atoms with E-state index in [0.29, 0.717) is 30.5 Å². The molecule has 1 atom stereocenters. The molecule has 0 unspecified atom stereocenters. The van der Waals surface area contributed by atoms with Crippen molar-refractivity contribution in [3.8, 4) is 11.5 Å². The van der Waals surface area contributed by atoms with Crippen LogP contribution in [0.3, 0.4) is 0 Å². The summed E-state index contributed by atoms with van der Waals surface area (Å²) in [7, 11) is -3.55. The van der Waals surface area contributed by atoms with Gasteiger partial charge in [0.15, 0.2) is 0 Å². The molecule has 2 aliphatic rings. The second-order valence-corrected chi connectivity index (χ2v) is 8.50. The first-order chi connectivity index (χ1) is 15.7. The Labute approximate surface area is 241 Å². The third-order valence-corrected chi connectivity index (χ3v) is 5.49. The van der Waals surface area contributed by atoms with Crippen molar-refractivity contribution in [2.24, 2.45) is 7.05 Å². The first-order valence-corrected chi connectivity index (χ1v) is 11.0. The molecule has 0 aliphatic carbocycles. The number of fused-ring (bicyclic) bond motifs is 1. The molecule has 4 heterocycles. The van der Waals surface area contributed by atoms with Gasteiger partial charge < -0.3 is 32.9 Å². The number of cyclic esters (lactones) is 1. The van der Waals surface area contributed by atoms with E-state index in [1.165, 1.54) is 16.9 Å². The zero-order chi connectivity index (χ0) is 23.3. The van der Waals surface area contributed by atoms with Crippen LogP contribution in [0.4, 0.5) is 20.8 Å². The molecule has 0 spiro atoms. The summed E-state index contributed by atoms with van der Waals surface area (Å²) in [4.78, 5) is 41.9. The van der Waals surface area contributed by atoms with Gasteiger partial charge in [-0.2, -0.15) is 4.80 Å². The Balaban J connectivity index is 0.00000171. The number of anilines is 2. The number of hydrogen-bond acceptors (Lipinski definition) is 12. The van der Waals surface area contributed by atoms with Crippen molar-refractivity contribution in [2.45, 2.75) is 19.2 Å². The molecule has 2 aromatic heterocycles. The fourth-order valence-electron chi connectivity index (χ4n) is 3.54. The molecular weight excluding hydrogens is 510 g/mol. The number of carbonyl (C=O) groups is 1. The first kappa shape index (κ1) is 28.2. The largest absolute Gasteiger partial charge is 1.00 e. The molecule has 35 heavy (non-hydrogen) atoms. The van der Waals surface area contributed by atoms with E-state index >= 15 is 0 Å². The molecule has 0 N–H and O–H groups in total. The van der Waals surface area contributed by atoms with Gasteiger partial charge in [0.1, 0.15) is 23.4 Å². The second kappa shape index (κ2) is 10.9. The van der Waals surface area contributed by atoms with Gasteiger partial charge in [-0.15, -0.1) is 5.10 Å². The van der Waals surface area contributed by atoms with Crippen molar-refractivity contribution in [3.63, 3.8) is 0 Å². The number of benzene rings is 1. The minimum absolute atomic E-state index is 0. The summed E-state index contributed by atoms with van der Waals surface area (Å²) in [6.45, 7) is 0.0106. The first-order valence-electron chi connectivity index (χ1n) is 9.58. The molecule has 0 saturated carbocycles. The summed E-state index contributed by atoms with van der Waals surface area (Å²) in [6, 6.07) is 3.99. The Hall–Kier alpha value is -1.39. The molecule has 1 saturated heterocycles. The van der Waals surface area contributed by atoms with Crippen molar-refractivity contribution in [2.75, 3.05) is 23.0 Å². The summed E-state index contributed by atoms with van der Waals surface area (Å²) in [5.41, 5.74) is 0.902. The predicted molar refractivity (Wildman–Crippen MR) is 102 cm³/mol. The van der Waals surface area contributed by atoms with Gasteiger partial charge in [0.05, 0.1) is 52.4 Å². The van der Waals surface area contributed by atoms with Gasteiger partial charge in [0.2, 0.25) is 5.89 Å². The fraction of sp³-hybridized carbons (Fsp3) is 0.353. The third-order valence-electron chi connectivity index (χ3n) is 5.02. The van der Waals surface area contributed by atoms with E-state index in [0.717, 1.165) is 11.0 Å². The van der Waals surface area contributed by atoms with Crippen LogP contribution in [0.5, 0.6) is 0 Å². The van der Waals surface area contributed by atoms with Crippen molar-refractivity contribution < 1.29 is 96.3 Å². The maximum Gasteiger partial charge on any atom is 1.00 e. The van der Waals surface area contributed by atoms with Gasteiger partial charge in [-0.1, -0.05) is 5.10 Å². The summed E-state index contributed by atoms with van der Waals surface area (Å²) in [5, 5.41) is 11.9. The van der Waals surface area contributed by atoms with Gasteiger partial charge in [0, 0.05) is 0 Å². The van der Waals surface area contributed by atoms with E-state index < -0.39 is 32.4 Å². The Morgan fingerprint density at radius 3 is 2.69 bits per heavy atom. The quantitative estimate of drug-likeness (QED) is 0.220. The van der Waals surface area contributed by atoms with Crippen LogP contribution in [0.15, 0.2) is 22.6 Å². The second-order valence-electron chi connectivity index (χ2n) is 7.35. The molecule has 14 nitrogen and oxygen atoms in total. The topological polar surface area (TPSA) is 175 Å². The van der Waals surface area contributed by atoms with Gasteiger partial charge in [0.25, 0.3) is 5.95 Å². The number of ether oxygens (including phenoxy) is 1. The number of aryl methyl sites for hydroxylation is 1. The van der Waals surface area contributed by atoms with E-state index in [1.54, 1.807) is 7.05 Å². The van der Waals surface area contributed by atoms with E-state index in [9.17, 15) is 23.5 Å². The molecular formula is C17H15FN7Na2O7P. The van der Waals surface area contributed by atoms with E-state index in [2.05, 4.69) is 24.9 Å². The molecule has 1 aromatic carbocycles. The third kappa shape index (κ3) is 6.13. The normalized spacial score (nSPS) is 17.1. The van der Waals surface area contributed by atoms with Crippen LogP contribution in [0.25, 0.3) is 11.5 Å². The molecule has 1 amide bonds. The van der Waals surface area contributed by atoms with Crippen LogP contribution in [-0.4, -0.2) is 50.5 Å².